The predicted molar refractivity (Wildman–Crippen MR) is 180 cm³/mol. The average molecular weight is 620 g/mol. The van der Waals surface area contributed by atoms with E-state index < -0.39 is 0 Å². The highest BCUT2D eigenvalue weighted by atomic mass is 35.5. The zero-order valence-corrected chi connectivity index (χ0v) is 26.2. The summed E-state index contributed by atoms with van der Waals surface area (Å²) in [5, 5.41) is 11.9. The van der Waals surface area contributed by atoms with Crippen molar-refractivity contribution in [2.24, 2.45) is 0 Å². The van der Waals surface area contributed by atoms with E-state index >= 15 is 0 Å². The summed E-state index contributed by atoms with van der Waals surface area (Å²) >= 11 is 6.31. The SMILES string of the molecule is Cc1ccc(C(=O)NC2CC2)cc1-n1ncc(Cc2cccc(CNCCc3cc(Cl)ccc3OCc3ccccc3)c2)c1N. The maximum Gasteiger partial charge on any atom is 0.251 e. The maximum atomic E-state index is 12.6. The van der Waals surface area contributed by atoms with Crippen LogP contribution in [-0.2, 0) is 26.0 Å². The van der Waals surface area contributed by atoms with Gasteiger partial charge in [-0.15, -0.1) is 0 Å². The van der Waals surface area contributed by atoms with Crippen molar-refractivity contribution in [2.45, 2.75) is 51.8 Å². The average Bonchev–Trinajstić information content (AvgIpc) is 3.80. The zero-order valence-electron chi connectivity index (χ0n) is 25.4. The van der Waals surface area contributed by atoms with Crippen LogP contribution in [0.3, 0.4) is 0 Å². The van der Waals surface area contributed by atoms with Crippen molar-refractivity contribution in [3.05, 3.63) is 141 Å². The molecule has 1 fully saturated rings. The molecule has 1 heterocycles. The van der Waals surface area contributed by atoms with Crippen molar-refractivity contribution in [2.75, 3.05) is 12.3 Å². The van der Waals surface area contributed by atoms with E-state index in [2.05, 4.69) is 52.1 Å². The Morgan fingerprint density at radius 2 is 1.76 bits per heavy atom. The van der Waals surface area contributed by atoms with Gasteiger partial charge in [-0.05, 0) is 90.9 Å². The van der Waals surface area contributed by atoms with Crippen molar-refractivity contribution in [3.8, 4) is 11.4 Å². The zero-order chi connectivity index (χ0) is 31.2. The molecule has 0 aliphatic heterocycles. The molecule has 4 N–H and O–H groups in total. The second-order valence-corrected chi connectivity index (χ2v) is 12.1. The number of aryl methyl sites for hydroxylation is 1. The van der Waals surface area contributed by atoms with Crippen LogP contribution in [0.25, 0.3) is 5.69 Å². The molecule has 0 atom stereocenters. The molecule has 230 valence electrons. The Kier molecular flexibility index (Phi) is 9.48. The van der Waals surface area contributed by atoms with E-state index in [4.69, 9.17) is 22.1 Å². The fourth-order valence-electron chi connectivity index (χ4n) is 5.34. The lowest BCUT2D eigenvalue weighted by molar-refractivity contribution is 0.0951. The number of rotatable bonds is 13. The lowest BCUT2D eigenvalue weighted by Crippen LogP contribution is -2.25. The van der Waals surface area contributed by atoms with Crippen LogP contribution >= 0.6 is 11.6 Å². The Morgan fingerprint density at radius 3 is 2.58 bits per heavy atom. The first-order valence-electron chi connectivity index (χ1n) is 15.4. The molecule has 1 aliphatic rings. The molecule has 8 heteroatoms. The van der Waals surface area contributed by atoms with Crippen molar-refractivity contribution in [1.82, 2.24) is 20.4 Å². The minimum atomic E-state index is -0.0560. The van der Waals surface area contributed by atoms with Crippen molar-refractivity contribution in [1.29, 1.82) is 0 Å². The van der Waals surface area contributed by atoms with Crippen LogP contribution in [0.2, 0.25) is 5.02 Å². The van der Waals surface area contributed by atoms with Gasteiger partial charge in [0, 0.05) is 35.2 Å². The summed E-state index contributed by atoms with van der Waals surface area (Å²) in [5.41, 5.74) is 14.5. The smallest absolute Gasteiger partial charge is 0.251 e. The normalized spacial score (nSPS) is 12.7. The number of nitrogens with zero attached hydrogens (tertiary/aromatic N) is 2. The van der Waals surface area contributed by atoms with Crippen LogP contribution in [0.5, 0.6) is 5.75 Å². The van der Waals surface area contributed by atoms with Gasteiger partial charge >= 0.3 is 0 Å². The Labute approximate surface area is 269 Å². The van der Waals surface area contributed by atoms with E-state index in [1.165, 1.54) is 5.56 Å². The number of hydrogen-bond acceptors (Lipinski definition) is 5. The third-order valence-corrected chi connectivity index (χ3v) is 8.28. The van der Waals surface area contributed by atoms with Crippen LogP contribution in [0.15, 0.2) is 97.2 Å². The number of aromatic nitrogens is 2. The fourth-order valence-corrected chi connectivity index (χ4v) is 5.53. The first-order chi connectivity index (χ1) is 21.9. The summed E-state index contributed by atoms with van der Waals surface area (Å²) in [6.45, 7) is 4.03. The Balaban J connectivity index is 1.05. The second kappa shape index (κ2) is 14.0. The van der Waals surface area contributed by atoms with Crippen molar-refractivity contribution < 1.29 is 9.53 Å². The lowest BCUT2D eigenvalue weighted by Gasteiger charge is -2.13. The molecule has 45 heavy (non-hydrogen) atoms. The van der Waals surface area contributed by atoms with Gasteiger partial charge in [0.25, 0.3) is 5.91 Å². The second-order valence-electron chi connectivity index (χ2n) is 11.7. The highest BCUT2D eigenvalue weighted by molar-refractivity contribution is 6.30. The molecular formula is C37H38ClN5O2. The number of ether oxygens (including phenoxy) is 1. The number of halogens is 1. The topological polar surface area (TPSA) is 94.2 Å². The summed E-state index contributed by atoms with van der Waals surface area (Å²) in [4.78, 5) is 12.6. The lowest BCUT2D eigenvalue weighted by atomic mass is 10.0. The van der Waals surface area contributed by atoms with Gasteiger partial charge in [0.2, 0.25) is 0 Å². The molecule has 0 unspecified atom stereocenters. The van der Waals surface area contributed by atoms with Gasteiger partial charge in [-0.2, -0.15) is 5.10 Å². The molecule has 0 saturated heterocycles. The predicted octanol–water partition coefficient (Wildman–Crippen LogP) is 6.81. The largest absolute Gasteiger partial charge is 0.489 e. The van der Waals surface area contributed by atoms with Crippen molar-refractivity contribution >= 4 is 23.3 Å². The van der Waals surface area contributed by atoms with E-state index in [-0.39, 0.29) is 5.91 Å². The minimum absolute atomic E-state index is 0.0560. The van der Waals surface area contributed by atoms with Gasteiger partial charge in [-0.1, -0.05) is 72.3 Å². The molecule has 1 saturated carbocycles. The minimum Gasteiger partial charge on any atom is -0.489 e. The van der Waals surface area contributed by atoms with Crippen LogP contribution in [0.1, 0.15) is 56.6 Å². The highest BCUT2D eigenvalue weighted by Crippen LogP contribution is 2.26. The van der Waals surface area contributed by atoms with Crippen LogP contribution in [0, 0.1) is 6.92 Å². The van der Waals surface area contributed by atoms with Crippen LogP contribution in [0.4, 0.5) is 5.82 Å². The number of nitrogen functional groups attached to an aromatic ring is 1. The van der Waals surface area contributed by atoms with Gasteiger partial charge in [0.1, 0.15) is 18.2 Å². The quantitative estimate of drug-likeness (QED) is 0.126. The van der Waals surface area contributed by atoms with Gasteiger partial charge in [0.15, 0.2) is 0 Å². The molecule has 1 amide bonds. The van der Waals surface area contributed by atoms with Crippen LogP contribution in [-0.4, -0.2) is 28.3 Å². The van der Waals surface area contributed by atoms with E-state index in [0.29, 0.717) is 35.5 Å². The van der Waals surface area contributed by atoms with E-state index in [9.17, 15) is 4.79 Å². The standard InChI is InChI=1S/C37H38ClN5O2/c1-25-10-11-30(37(44)42-33-13-14-33)21-34(25)43-36(39)31(23-41-43)19-27-8-5-9-28(18-27)22-40-17-16-29-20-32(38)12-15-35(29)45-24-26-6-3-2-4-7-26/h2-12,15,18,20-21,23,33,40H,13-14,16-17,19,22,24,39H2,1H3,(H,42,44). The maximum absolute atomic E-state index is 12.6. The molecule has 0 radical (unpaired) electrons. The monoisotopic (exact) mass is 619 g/mol. The molecule has 0 bridgehead atoms. The number of hydrogen-bond donors (Lipinski definition) is 3. The number of benzene rings is 4. The van der Waals surface area contributed by atoms with Gasteiger partial charge in [-0.25, -0.2) is 4.68 Å². The van der Waals surface area contributed by atoms with E-state index in [1.54, 1.807) is 4.68 Å². The Morgan fingerprint density at radius 1 is 0.956 bits per heavy atom. The molecule has 0 spiro atoms. The molecule has 7 nitrogen and oxygen atoms in total. The number of carbonyl (C=O) groups is 1. The summed E-state index contributed by atoms with van der Waals surface area (Å²) in [6.07, 6.45) is 5.37. The summed E-state index contributed by atoms with van der Waals surface area (Å²) < 4.78 is 7.86. The summed E-state index contributed by atoms with van der Waals surface area (Å²) in [6, 6.07) is 30.4. The number of carbonyl (C=O) groups excluding carboxylic acids is 1. The van der Waals surface area contributed by atoms with Gasteiger partial charge in [-0.3, -0.25) is 4.79 Å². The number of amides is 1. The molecular weight excluding hydrogens is 582 g/mol. The first-order valence-corrected chi connectivity index (χ1v) is 15.8. The third-order valence-electron chi connectivity index (χ3n) is 8.04. The van der Waals surface area contributed by atoms with Crippen molar-refractivity contribution in [3.63, 3.8) is 0 Å². The van der Waals surface area contributed by atoms with E-state index in [1.807, 2.05) is 67.7 Å². The third kappa shape index (κ3) is 7.93. The highest BCUT2D eigenvalue weighted by Gasteiger charge is 2.24. The molecule has 1 aromatic heterocycles. The Bertz CT molecular complexity index is 1780. The Hall–Kier alpha value is -4.59. The van der Waals surface area contributed by atoms with Gasteiger partial charge in [0.05, 0.1) is 11.9 Å². The number of anilines is 1. The first kappa shape index (κ1) is 30.4. The fraction of sp³-hybridized carbons (Fsp3) is 0.243. The summed E-state index contributed by atoms with van der Waals surface area (Å²) in [7, 11) is 0. The molecule has 4 aromatic carbocycles. The molecule has 6 rings (SSSR count). The van der Waals surface area contributed by atoms with E-state index in [0.717, 1.165) is 71.6 Å². The van der Waals surface area contributed by atoms with Gasteiger partial charge < -0.3 is 21.1 Å². The number of nitrogens with two attached hydrogens (primary N) is 1. The summed E-state index contributed by atoms with van der Waals surface area (Å²) in [5.74, 6) is 1.38. The molecule has 1 aliphatic carbocycles. The van der Waals surface area contributed by atoms with Crippen LogP contribution < -0.4 is 21.1 Å². The number of nitrogens with one attached hydrogen (secondary N) is 2. The molecule has 5 aromatic rings.